The third kappa shape index (κ3) is 2.43. The van der Waals surface area contributed by atoms with Crippen molar-refractivity contribution < 1.29 is 4.79 Å². The molecule has 3 fully saturated rings. The zero-order valence-corrected chi connectivity index (χ0v) is 16.2. The number of hydrogen-bond acceptors (Lipinski definition) is 4. The Balaban J connectivity index is 1.23. The van der Waals surface area contributed by atoms with E-state index in [0.717, 1.165) is 47.7 Å². The van der Waals surface area contributed by atoms with E-state index in [1.165, 1.54) is 0 Å². The lowest BCUT2D eigenvalue weighted by Crippen LogP contribution is -2.15. The Hall–Kier alpha value is -3.20. The number of fused-ring (bicyclic) bond motifs is 1. The number of hydrogen-bond donors (Lipinski definition) is 1. The van der Waals surface area contributed by atoms with Gasteiger partial charge < -0.3 is 5.32 Å². The molecule has 0 bridgehead atoms. The molecule has 1 amide bonds. The first-order valence-electron chi connectivity index (χ1n) is 10.2. The fourth-order valence-corrected chi connectivity index (χ4v) is 4.98. The van der Waals surface area contributed by atoms with Gasteiger partial charge in [-0.1, -0.05) is 12.1 Å². The molecule has 1 aromatic carbocycles. The van der Waals surface area contributed by atoms with E-state index in [2.05, 4.69) is 33.6 Å². The van der Waals surface area contributed by atoms with Crippen molar-refractivity contribution in [3.63, 3.8) is 0 Å². The first-order valence-corrected chi connectivity index (χ1v) is 10.2. The van der Waals surface area contributed by atoms with Gasteiger partial charge in [0.25, 0.3) is 0 Å². The molecular formula is C23H21N5O. The highest BCUT2D eigenvalue weighted by atomic mass is 16.2. The summed E-state index contributed by atoms with van der Waals surface area (Å²) < 4.78 is 1.77. The lowest BCUT2D eigenvalue weighted by atomic mass is 9.92. The number of nitriles is 1. The molecule has 0 aliphatic heterocycles. The molecule has 3 atom stereocenters. The Morgan fingerprint density at radius 1 is 1.28 bits per heavy atom. The number of pyridine rings is 1. The molecule has 0 unspecified atom stereocenters. The van der Waals surface area contributed by atoms with Crippen LogP contribution in [0.4, 0.5) is 5.82 Å². The Labute approximate surface area is 168 Å². The molecule has 3 aliphatic rings. The van der Waals surface area contributed by atoms with Crippen LogP contribution in [0.5, 0.6) is 0 Å². The monoisotopic (exact) mass is 383 g/mol. The second-order valence-electron chi connectivity index (χ2n) is 8.96. The van der Waals surface area contributed by atoms with Crippen LogP contribution in [0.2, 0.25) is 0 Å². The van der Waals surface area contributed by atoms with Gasteiger partial charge in [-0.2, -0.15) is 10.4 Å². The van der Waals surface area contributed by atoms with Gasteiger partial charge in [-0.25, -0.2) is 4.98 Å². The van der Waals surface area contributed by atoms with Crippen LogP contribution in [-0.4, -0.2) is 20.7 Å². The number of nitrogens with zero attached hydrogens (tertiary/aromatic N) is 4. The van der Waals surface area contributed by atoms with Gasteiger partial charge in [0, 0.05) is 36.7 Å². The molecule has 3 aromatic rings. The molecule has 6 nitrogen and oxygen atoms in total. The van der Waals surface area contributed by atoms with Crippen molar-refractivity contribution in [3.05, 3.63) is 54.0 Å². The predicted octanol–water partition coefficient (Wildman–Crippen LogP) is 3.66. The Morgan fingerprint density at radius 3 is 2.83 bits per heavy atom. The van der Waals surface area contributed by atoms with Gasteiger partial charge in [0.05, 0.1) is 17.2 Å². The van der Waals surface area contributed by atoms with Crippen LogP contribution >= 0.6 is 0 Å². The highest BCUT2D eigenvalue weighted by Gasteiger charge is 2.75. The molecule has 6 heteroatoms. The number of carbonyl (C=O) groups excluding carboxylic acids is 1. The standard InChI is InChI=1S/C23H21N5O/c1-28-7-4-19(27-28)17-10-18(17)21(29)26-20-9-15-8-16(3-2-14(15)11-25-20)23(13-24)12-22(23)5-6-22/h2-4,7-9,11,17-18H,5-6,10,12H2,1H3,(H,25,26,29)/t17-,18-,23+/m0/s1. The number of aryl methyl sites for hydroxylation is 1. The quantitative estimate of drug-likeness (QED) is 0.745. The summed E-state index contributed by atoms with van der Waals surface area (Å²) in [6.45, 7) is 0. The number of aromatic nitrogens is 3. The van der Waals surface area contributed by atoms with E-state index in [-0.39, 0.29) is 28.6 Å². The van der Waals surface area contributed by atoms with Gasteiger partial charge in [0.1, 0.15) is 5.82 Å². The summed E-state index contributed by atoms with van der Waals surface area (Å²) in [6, 6.07) is 12.7. The van der Waals surface area contributed by atoms with Crippen LogP contribution in [0.1, 0.15) is 42.9 Å². The second kappa shape index (κ2) is 5.44. The van der Waals surface area contributed by atoms with E-state index < -0.39 is 0 Å². The van der Waals surface area contributed by atoms with Crippen LogP contribution in [-0.2, 0) is 17.3 Å². The maximum Gasteiger partial charge on any atom is 0.229 e. The first kappa shape index (κ1) is 16.7. The second-order valence-corrected chi connectivity index (χ2v) is 8.96. The first-order chi connectivity index (χ1) is 14.0. The summed E-state index contributed by atoms with van der Waals surface area (Å²) in [5, 5.41) is 19.2. The van der Waals surface area contributed by atoms with Crippen LogP contribution in [0.15, 0.2) is 42.7 Å². The zero-order valence-electron chi connectivity index (χ0n) is 16.2. The zero-order chi connectivity index (χ0) is 19.8. The molecule has 3 aliphatic carbocycles. The smallest absolute Gasteiger partial charge is 0.229 e. The van der Waals surface area contributed by atoms with E-state index in [0.29, 0.717) is 5.82 Å². The van der Waals surface area contributed by atoms with Gasteiger partial charge in [-0.3, -0.25) is 9.48 Å². The molecule has 1 spiro atoms. The van der Waals surface area contributed by atoms with Crippen LogP contribution in [0.25, 0.3) is 10.8 Å². The minimum Gasteiger partial charge on any atom is -0.310 e. The van der Waals surface area contributed by atoms with Gasteiger partial charge in [-0.05, 0) is 60.2 Å². The summed E-state index contributed by atoms with van der Waals surface area (Å²) in [4.78, 5) is 17.1. The molecule has 3 saturated carbocycles. The van der Waals surface area contributed by atoms with Crippen LogP contribution in [0.3, 0.4) is 0 Å². The van der Waals surface area contributed by atoms with Gasteiger partial charge >= 0.3 is 0 Å². The van der Waals surface area contributed by atoms with Crippen molar-refractivity contribution >= 4 is 22.5 Å². The number of carbonyl (C=O) groups is 1. The Morgan fingerprint density at radius 2 is 2.14 bits per heavy atom. The maximum atomic E-state index is 12.6. The van der Waals surface area contributed by atoms with E-state index >= 15 is 0 Å². The van der Waals surface area contributed by atoms with E-state index in [9.17, 15) is 10.1 Å². The molecule has 2 heterocycles. The van der Waals surface area contributed by atoms with E-state index in [1.54, 1.807) is 10.9 Å². The third-order valence-electron chi connectivity index (χ3n) is 7.14. The third-order valence-corrected chi connectivity index (χ3v) is 7.14. The molecular weight excluding hydrogens is 362 g/mol. The van der Waals surface area contributed by atoms with E-state index in [4.69, 9.17) is 0 Å². The lowest BCUT2D eigenvalue weighted by Gasteiger charge is -2.11. The highest BCUT2D eigenvalue weighted by molar-refractivity contribution is 5.96. The summed E-state index contributed by atoms with van der Waals surface area (Å²) in [5.74, 6) is 0.714. The molecule has 6 rings (SSSR count). The normalized spacial score (nSPS) is 28.1. The minimum absolute atomic E-state index is 0.00345. The average Bonchev–Trinajstić information content (AvgIpc) is 3.67. The van der Waals surface area contributed by atoms with Crippen molar-refractivity contribution in [2.45, 2.75) is 37.0 Å². The van der Waals surface area contributed by atoms with Gasteiger partial charge in [-0.15, -0.1) is 0 Å². The molecule has 0 saturated heterocycles. The minimum atomic E-state index is -0.308. The molecule has 29 heavy (non-hydrogen) atoms. The fourth-order valence-electron chi connectivity index (χ4n) is 4.98. The van der Waals surface area contributed by atoms with Crippen molar-refractivity contribution in [2.75, 3.05) is 5.32 Å². The molecule has 2 aromatic heterocycles. The molecule has 0 radical (unpaired) electrons. The largest absolute Gasteiger partial charge is 0.310 e. The Bertz CT molecular complexity index is 1220. The SMILES string of the molecule is Cn1ccc([C@H]2C[C@@H]2C(=O)Nc2cc3cc([C@]4(C#N)CC45CC5)ccc3cn2)n1. The van der Waals surface area contributed by atoms with Crippen molar-refractivity contribution in [2.24, 2.45) is 18.4 Å². The van der Waals surface area contributed by atoms with Crippen molar-refractivity contribution in [1.82, 2.24) is 14.8 Å². The molecule has 144 valence electrons. The van der Waals surface area contributed by atoms with Crippen LogP contribution in [0, 0.1) is 22.7 Å². The van der Waals surface area contributed by atoms with Crippen molar-refractivity contribution in [3.8, 4) is 6.07 Å². The van der Waals surface area contributed by atoms with Crippen LogP contribution < -0.4 is 5.32 Å². The van der Waals surface area contributed by atoms with Gasteiger partial charge in [0.2, 0.25) is 5.91 Å². The summed E-state index contributed by atoms with van der Waals surface area (Å²) in [6.07, 6.45) is 7.83. The maximum absolute atomic E-state index is 12.6. The van der Waals surface area contributed by atoms with Crippen molar-refractivity contribution in [1.29, 1.82) is 5.26 Å². The number of anilines is 1. The predicted molar refractivity (Wildman–Crippen MR) is 108 cm³/mol. The van der Waals surface area contributed by atoms with E-state index in [1.807, 2.05) is 31.4 Å². The number of amides is 1. The van der Waals surface area contributed by atoms with Gasteiger partial charge in [0.15, 0.2) is 0 Å². The number of benzene rings is 1. The number of nitrogens with one attached hydrogen (secondary N) is 1. The fraction of sp³-hybridized carbons (Fsp3) is 0.391. The summed E-state index contributed by atoms with van der Waals surface area (Å²) in [5.41, 5.74) is 2.01. The Kier molecular flexibility index (Phi) is 3.14. The highest BCUT2D eigenvalue weighted by Crippen LogP contribution is 2.78. The summed E-state index contributed by atoms with van der Waals surface area (Å²) in [7, 11) is 1.89. The molecule has 1 N–H and O–H groups in total. The topological polar surface area (TPSA) is 83.6 Å². The average molecular weight is 383 g/mol. The summed E-state index contributed by atoms with van der Waals surface area (Å²) >= 11 is 0. The lowest BCUT2D eigenvalue weighted by molar-refractivity contribution is -0.117. The number of rotatable bonds is 4.